The molecular formula is C21H18F3N7O3S. The van der Waals surface area contributed by atoms with Gasteiger partial charge in [0.15, 0.2) is 5.65 Å². The van der Waals surface area contributed by atoms with Crippen molar-refractivity contribution in [3.63, 3.8) is 0 Å². The van der Waals surface area contributed by atoms with Gasteiger partial charge in [-0.3, -0.25) is 9.52 Å². The number of hydrogen-bond donors (Lipinski definition) is 2. The molecule has 0 aliphatic rings. The molecule has 0 aliphatic carbocycles. The number of benzene rings is 1. The Balaban J connectivity index is 1.58. The minimum absolute atomic E-state index is 0.0256. The average Bonchev–Trinajstić information content (AvgIpc) is 3.23. The van der Waals surface area contributed by atoms with Crippen molar-refractivity contribution in [1.29, 1.82) is 0 Å². The monoisotopic (exact) mass is 505 g/mol. The molecule has 0 saturated heterocycles. The predicted molar refractivity (Wildman–Crippen MR) is 119 cm³/mol. The van der Waals surface area contributed by atoms with Crippen LogP contribution in [0.15, 0.2) is 53.9 Å². The van der Waals surface area contributed by atoms with Crippen molar-refractivity contribution in [2.45, 2.75) is 24.9 Å². The maximum Gasteiger partial charge on any atom is 0.405 e. The minimum Gasteiger partial charge on any atom is -0.342 e. The number of halogens is 3. The highest BCUT2D eigenvalue weighted by Gasteiger charge is 2.28. The molecular weight excluding hydrogens is 487 g/mol. The van der Waals surface area contributed by atoms with Gasteiger partial charge in [0.05, 0.1) is 34.4 Å². The standard InChI is InChI=1S/C21H18F3N7O3S/c1-12-3-5-15(7-16(12)18-9-26-19-13(2)28-11-29-31(18)19)35(33,34)30-14-4-6-17(25-8-14)20(32)27-10-21(22,23)24/h3-9,11,30H,10H2,1-2H3,(H,27,32). The van der Waals surface area contributed by atoms with Crippen LogP contribution >= 0.6 is 0 Å². The van der Waals surface area contributed by atoms with E-state index < -0.39 is 28.7 Å². The fourth-order valence-corrected chi connectivity index (χ4v) is 4.30. The van der Waals surface area contributed by atoms with Crippen LogP contribution in [-0.2, 0) is 10.0 Å². The Morgan fingerprint density at radius 1 is 1.06 bits per heavy atom. The third-order valence-electron chi connectivity index (χ3n) is 4.97. The van der Waals surface area contributed by atoms with Crippen LogP contribution in [0.4, 0.5) is 18.9 Å². The fourth-order valence-electron chi connectivity index (χ4n) is 3.23. The van der Waals surface area contributed by atoms with Crippen LogP contribution in [0.2, 0.25) is 0 Å². The zero-order valence-electron chi connectivity index (χ0n) is 18.3. The lowest BCUT2D eigenvalue weighted by Crippen LogP contribution is -2.34. The number of fused-ring (bicyclic) bond motifs is 1. The van der Waals surface area contributed by atoms with Crippen molar-refractivity contribution >= 4 is 27.3 Å². The normalized spacial score (nSPS) is 12.0. The number of anilines is 1. The first-order valence-corrected chi connectivity index (χ1v) is 11.5. The van der Waals surface area contributed by atoms with Gasteiger partial charge in [0.2, 0.25) is 0 Å². The van der Waals surface area contributed by atoms with E-state index in [0.717, 1.165) is 17.8 Å². The van der Waals surface area contributed by atoms with Gasteiger partial charge in [-0.25, -0.2) is 27.9 Å². The summed E-state index contributed by atoms with van der Waals surface area (Å²) in [4.78, 5) is 23.9. The van der Waals surface area contributed by atoms with Crippen molar-refractivity contribution in [2.75, 3.05) is 11.3 Å². The van der Waals surface area contributed by atoms with E-state index in [2.05, 4.69) is 24.8 Å². The number of nitrogens with one attached hydrogen (secondary N) is 2. The van der Waals surface area contributed by atoms with E-state index in [1.807, 2.05) is 6.92 Å². The van der Waals surface area contributed by atoms with Crippen LogP contribution in [0.5, 0.6) is 0 Å². The van der Waals surface area contributed by atoms with E-state index in [4.69, 9.17) is 0 Å². The Bertz CT molecular complexity index is 1520. The number of rotatable bonds is 6. The van der Waals surface area contributed by atoms with Gasteiger partial charge in [0.1, 0.15) is 18.6 Å². The molecule has 10 nitrogen and oxygen atoms in total. The summed E-state index contributed by atoms with van der Waals surface area (Å²) in [5, 5.41) is 5.89. The molecule has 2 N–H and O–H groups in total. The molecule has 4 rings (SSSR count). The summed E-state index contributed by atoms with van der Waals surface area (Å²) in [5.41, 5.74) is 2.90. The largest absolute Gasteiger partial charge is 0.405 e. The number of carbonyl (C=O) groups excluding carboxylic acids is 1. The van der Waals surface area contributed by atoms with E-state index in [1.54, 1.807) is 29.0 Å². The minimum atomic E-state index is -4.56. The highest BCUT2D eigenvalue weighted by molar-refractivity contribution is 7.92. The zero-order chi connectivity index (χ0) is 25.4. The van der Waals surface area contributed by atoms with Crippen LogP contribution in [-0.4, -0.2) is 51.6 Å². The second-order valence-electron chi connectivity index (χ2n) is 7.54. The molecule has 0 radical (unpaired) electrons. The molecule has 1 aromatic carbocycles. The first kappa shape index (κ1) is 24.1. The van der Waals surface area contributed by atoms with Crippen LogP contribution in [0.25, 0.3) is 16.9 Å². The van der Waals surface area contributed by atoms with Gasteiger partial charge < -0.3 is 5.32 Å². The van der Waals surface area contributed by atoms with Gasteiger partial charge in [-0.15, -0.1) is 0 Å². The van der Waals surface area contributed by atoms with Gasteiger partial charge in [-0.2, -0.15) is 18.3 Å². The fraction of sp³-hybridized carbons (Fsp3) is 0.190. The van der Waals surface area contributed by atoms with Crippen molar-refractivity contribution < 1.29 is 26.4 Å². The SMILES string of the molecule is Cc1ccc(S(=O)(=O)Nc2ccc(C(=O)NCC(F)(F)F)nc2)cc1-c1cnc2c(C)ncnn12. The number of aromatic nitrogens is 5. The highest BCUT2D eigenvalue weighted by Crippen LogP contribution is 2.28. The number of hydrogen-bond acceptors (Lipinski definition) is 7. The zero-order valence-corrected chi connectivity index (χ0v) is 19.1. The lowest BCUT2D eigenvalue weighted by molar-refractivity contribution is -0.123. The summed E-state index contributed by atoms with van der Waals surface area (Å²) < 4.78 is 66.7. The number of imidazole rings is 1. The van der Waals surface area contributed by atoms with Gasteiger partial charge in [-0.05, 0) is 43.7 Å². The first-order chi connectivity index (χ1) is 16.4. The Morgan fingerprint density at radius 3 is 2.51 bits per heavy atom. The summed E-state index contributed by atoms with van der Waals surface area (Å²) in [6.45, 7) is 2.10. The molecule has 0 bridgehead atoms. The van der Waals surface area contributed by atoms with Crippen molar-refractivity contribution in [3.8, 4) is 11.3 Å². The van der Waals surface area contributed by atoms with E-state index in [9.17, 15) is 26.4 Å². The van der Waals surface area contributed by atoms with Crippen molar-refractivity contribution in [3.05, 3.63) is 66.0 Å². The molecule has 3 heterocycles. The van der Waals surface area contributed by atoms with Gasteiger partial charge >= 0.3 is 6.18 Å². The number of sulfonamides is 1. The summed E-state index contributed by atoms with van der Waals surface area (Å²) in [5.74, 6) is -1.04. The third-order valence-corrected chi connectivity index (χ3v) is 6.35. The molecule has 182 valence electrons. The molecule has 4 aromatic rings. The number of amides is 1. The Kier molecular flexibility index (Phi) is 6.15. The number of aryl methyl sites for hydroxylation is 2. The molecule has 0 atom stereocenters. The predicted octanol–water partition coefficient (Wildman–Crippen LogP) is 2.90. The quantitative estimate of drug-likeness (QED) is 0.412. The topological polar surface area (TPSA) is 131 Å². The van der Waals surface area contributed by atoms with E-state index in [-0.39, 0.29) is 16.3 Å². The number of nitrogens with zero attached hydrogens (tertiary/aromatic N) is 5. The van der Waals surface area contributed by atoms with E-state index in [0.29, 0.717) is 22.6 Å². The maximum absolute atomic E-state index is 13.0. The van der Waals surface area contributed by atoms with Gasteiger partial charge in [-0.1, -0.05) is 6.07 Å². The van der Waals surface area contributed by atoms with Crippen LogP contribution in [0, 0.1) is 13.8 Å². The van der Waals surface area contributed by atoms with E-state index in [1.165, 1.54) is 24.5 Å². The first-order valence-electron chi connectivity index (χ1n) is 10.0. The van der Waals surface area contributed by atoms with Gasteiger partial charge in [0.25, 0.3) is 15.9 Å². The number of pyridine rings is 1. The van der Waals surface area contributed by atoms with Crippen LogP contribution < -0.4 is 10.0 Å². The van der Waals surface area contributed by atoms with Gasteiger partial charge in [0, 0.05) is 5.56 Å². The molecule has 0 spiro atoms. The number of alkyl halides is 3. The molecule has 3 aromatic heterocycles. The second kappa shape index (κ2) is 8.94. The average molecular weight is 505 g/mol. The summed E-state index contributed by atoms with van der Waals surface area (Å²) in [6, 6.07) is 6.89. The summed E-state index contributed by atoms with van der Waals surface area (Å²) in [7, 11) is -4.07. The van der Waals surface area contributed by atoms with Crippen LogP contribution in [0.1, 0.15) is 21.7 Å². The van der Waals surface area contributed by atoms with Crippen molar-refractivity contribution in [1.82, 2.24) is 29.9 Å². The second-order valence-corrected chi connectivity index (χ2v) is 9.22. The highest BCUT2D eigenvalue weighted by atomic mass is 32.2. The maximum atomic E-state index is 13.0. The Hall–Kier alpha value is -4.07. The molecule has 1 amide bonds. The van der Waals surface area contributed by atoms with Crippen LogP contribution in [0.3, 0.4) is 0 Å². The Labute approximate surface area is 197 Å². The summed E-state index contributed by atoms with van der Waals surface area (Å²) >= 11 is 0. The Morgan fingerprint density at radius 2 is 1.83 bits per heavy atom. The molecule has 0 saturated carbocycles. The lowest BCUT2D eigenvalue weighted by Gasteiger charge is -2.12. The molecule has 14 heteroatoms. The molecule has 0 fully saturated rings. The number of carbonyl (C=O) groups is 1. The summed E-state index contributed by atoms with van der Waals surface area (Å²) in [6.07, 6.45) is -0.562. The smallest absolute Gasteiger partial charge is 0.342 e. The lowest BCUT2D eigenvalue weighted by atomic mass is 10.1. The van der Waals surface area contributed by atoms with E-state index >= 15 is 0 Å². The molecule has 35 heavy (non-hydrogen) atoms. The van der Waals surface area contributed by atoms with Crippen molar-refractivity contribution in [2.24, 2.45) is 0 Å². The third kappa shape index (κ3) is 5.21. The molecule has 0 unspecified atom stereocenters. The molecule has 0 aliphatic heterocycles.